The Hall–Kier alpha value is -2.69. The number of anilines is 1. The van der Waals surface area contributed by atoms with Gasteiger partial charge in [0.2, 0.25) is 11.8 Å². The van der Waals surface area contributed by atoms with Crippen molar-refractivity contribution in [1.29, 1.82) is 0 Å². The van der Waals surface area contributed by atoms with Gasteiger partial charge in [-0.1, -0.05) is 34.6 Å². The van der Waals surface area contributed by atoms with Crippen molar-refractivity contribution >= 4 is 30.6 Å². The highest BCUT2D eigenvalue weighted by molar-refractivity contribution is 6.51. The molecule has 2 fully saturated rings. The summed E-state index contributed by atoms with van der Waals surface area (Å²) in [5.74, 6) is -3.18. The predicted molar refractivity (Wildman–Crippen MR) is 123 cm³/mol. The lowest BCUT2D eigenvalue weighted by atomic mass is 9.74. The standard InChI is InChI=1S/C23H32BF2N3O5/c1-13(2)10-18(24-33-20(22(32)34-24)23(3,4)5)28-19(30)12-27-21(31)17-8-9-29(17)16-7-6-14(25)11-15(16)26/h6-7,11,13,17-18,20H,8-10,12H2,1-5H3,(H,27,31)(H,28,30). The van der Waals surface area contributed by atoms with Crippen LogP contribution in [0.5, 0.6) is 0 Å². The van der Waals surface area contributed by atoms with Gasteiger partial charge in [0.1, 0.15) is 23.8 Å². The molecule has 8 nitrogen and oxygen atoms in total. The van der Waals surface area contributed by atoms with Crippen molar-refractivity contribution in [2.24, 2.45) is 11.3 Å². The summed E-state index contributed by atoms with van der Waals surface area (Å²) in [5.41, 5.74) is -0.312. The monoisotopic (exact) mass is 479 g/mol. The van der Waals surface area contributed by atoms with E-state index in [0.29, 0.717) is 19.4 Å². The summed E-state index contributed by atoms with van der Waals surface area (Å²) in [4.78, 5) is 39.0. The van der Waals surface area contributed by atoms with Crippen molar-refractivity contribution in [3.05, 3.63) is 29.8 Å². The molecule has 2 saturated heterocycles. The third kappa shape index (κ3) is 6.05. The minimum Gasteiger partial charge on any atom is -0.506 e. The quantitative estimate of drug-likeness (QED) is 0.556. The van der Waals surface area contributed by atoms with Crippen molar-refractivity contribution in [3.63, 3.8) is 0 Å². The van der Waals surface area contributed by atoms with Crippen LogP contribution >= 0.6 is 0 Å². The maximum absolute atomic E-state index is 14.1. The molecule has 0 saturated carbocycles. The molecule has 2 aliphatic heterocycles. The maximum Gasteiger partial charge on any atom is 0.552 e. The van der Waals surface area contributed by atoms with E-state index in [1.807, 2.05) is 34.6 Å². The number of nitrogens with one attached hydrogen (secondary N) is 2. The van der Waals surface area contributed by atoms with E-state index in [2.05, 4.69) is 10.6 Å². The molecule has 0 aromatic heterocycles. The zero-order chi connectivity index (χ0) is 25.2. The number of benzene rings is 1. The van der Waals surface area contributed by atoms with Gasteiger partial charge in [-0.2, -0.15) is 0 Å². The molecule has 2 N–H and O–H groups in total. The average molecular weight is 479 g/mol. The second kappa shape index (κ2) is 10.3. The van der Waals surface area contributed by atoms with Gasteiger partial charge in [0.25, 0.3) is 0 Å². The first-order chi connectivity index (χ1) is 15.9. The lowest BCUT2D eigenvalue weighted by Gasteiger charge is -2.41. The Morgan fingerprint density at radius 3 is 2.50 bits per heavy atom. The van der Waals surface area contributed by atoms with Crippen LogP contribution in [-0.2, 0) is 23.7 Å². The molecule has 2 amide bonds. The summed E-state index contributed by atoms with van der Waals surface area (Å²) in [7, 11) is -0.914. The van der Waals surface area contributed by atoms with Crippen LogP contribution in [0.15, 0.2) is 18.2 Å². The number of carbonyl (C=O) groups is 3. The van der Waals surface area contributed by atoms with Crippen molar-refractivity contribution in [3.8, 4) is 0 Å². The molecule has 3 unspecified atom stereocenters. The normalized spacial score (nSPS) is 21.2. The number of nitrogens with zero attached hydrogens (tertiary/aromatic N) is 1. The number of rotatable bonds is 8. The van der Waals surface area contributed by atoms with Crippen LogP contribution in [0.2, 0.25) is 0 Å². The largest absolute Gasteiger partial charge is 0.552 e. The molecule has 0 spiro atoms. The minimum atomic E-state index is -0.914. The molecule has 34 heavy (non-hydrogen) atoms. The fourth-order valence-electron chi connectivity index (χ4n) is 4.08. The number of amides is 2. The summed E-state index contributed by atoms with van der Waals surface area (Å²) in [6.07, 6.45) is 0.259. The SMILES string of the molecule is CC(C)CC(NC(=O)CNC(=O)C1CCN1c1ccc(F)cc1F)B1OC(=O)C(C(C)(C)C)O1. The molecule has 0 bridgehead atoms. The van der Waals surface area contributed by atoms with Crippen molar-refractivity contribution < 1.29 is 32.5 Å². The fraction of sp³-hybridized carbons (Fsp3) is 0.609. The average Bonchev–Trinajstić information content (AvgIpc) is 3.09. The maximum atomic E-state index is 14.1. The summed E-state index contributed by atoms with van der Waals surface area (Å²) >= 11 is 0. The second-order valence-corrected chi connectivity index (χ2v) is 10.3. The van der Waals surface area contributed by atoms with Crippen LogP contribution in [0.25, 0.3) is 0 Å². The molecule has 3 rings (SSSR count). The van der Waals surface area contributed by atoms with E-state index in [9.17, 15) is 23.2 Å². The Morgan fingerprint density at radius 2 is 1.97 bits per heavy atom. The minimum absolute atomic E-state index is 0.142. The molecule has 1 aromatic carbocycles. The Bertz CT molecular complexity index is 940. The van der Waals surface area contributed by atoms with Gasteiger partial charge in [0.05, 0.1) is 18.2 Å². The van der Waals surface area contributed by atoms with E-state index in [-0.39, 0.29) is 18.2 Å². The summed E-state index contributed by atoms with van der Waals surface area (Å²) in [6, 6.07) is 2.55. The number of hydrogen-bond acceptors (Lipinski definition) is 6. The van der Waals surface area contributed by atoms with Crippen molar-refractivity contribution in [2.45, 2.75) is 65.5 Å². The van der Waals surface area contributed by atoms with Gasteiger partial charge in [-0.15, -0.1) is 0 Å². The van der Waals surface area contributed by atoms with Gasteiger partial charge in [-0.3, -0.25) is 14.4 Å². The van der Waals surface area contributed by atoms with Crippen LogP contribution in [0.3, 0.4) is 0 Å². The highest BCUT2D eigenvalue weighted by atomic mass is 19.1. The second-order valence-electron chi connectivity index (χ2n) is 10.3. The lowest BCUT2D eigenvalue weighted by Crippen LogP contribution is -2.58. The molecule has 3 atom stereocenters. The third-order valence-corrected chi connectivity index (χ3v) is 5.87. The van der Waals surface area contributed by atoms with Crippen molar-refractivity contribution in [2.75, 3.05) is 18.0 Å². The fourth-order valence-corrected chi connectivity index (χ4v) is 4.08. The first-order valence-electron chi connectivity index (χ1n) is 11.5. The summed E-state index contributed by atoms with van der Waals surface area (Å²) in [6.45, 7) is 9.70. The third-order valence-electron chi connectivity index (χ3n) is 5.87. The highest BCUT2D eigenvalue weighted by Crippen LogP contribution is 2.31. The van der Waals surface area contributed by atoms with Gasteiger partial charge >= 0.3 is 13.1 Å². The van der Waals surface area contributed by atoms with E-state index in [1.54, 1.807) is 0 Å². The van der Waals surface area contributed by atoms with Crippen LogP contribution < -0.4 is 15.5 Å². The summed E-state index contributed by atoms with van der Waals surface area (Å²) in [5, 5.41) is 5.37. The Balaban J connectivity index is 1.55. The highest BCUT2D eigenvalue weighted by Gasteiger charge is 2.50. The molecule has 186 valence electrons. The van der Waals surface area contributed by atoms with Crippen LogP contribution in [0.4, 0.5) is 14.5 Å². The van der Waals surface area contributed by atoms with Gasteiger partial charge in [0.15, 0.2) is 0 Å². The van der Waals surface area contributed by atoms with Gasteiger partial charge in [-0.05, 0) is 36.3 Å². The van der Waals surface area contributed by atoms with Gasteiger partial charge in [0, 0.05) is 12.6 Å². The number of hydrogen-bond donors (Lipinski definition) is 2. The lowest BCUT2D eigenvalue weighted by molar-refractivity contribution is -0.139. The number of halogens is 2. The van der Waals surface area contributed by atoms with Gasteiger partial charge < -0.3 is 24.8 Å². The van der Waals surface area contributed by atoms with Crippen LogP contribution in [0, 0.1) is 23.0 Å². The molecule has 2 aliphatic rings. The van der Waals surface area contributed by atoms with Crippen LogP contribution in [-0.4, -0.2) is 56.1 Å². The molecule has 0 radical (unpaired) electrons. The topological polar surface area (TPSA) is 97.0 Å². The van der Waals surface area contributed by atoms with Crippen molar-refractivity contribution in [1.82, 2.24) is 10.6 Å². The molecular formula is C23H32BF2N3O5. The van der Waals surface area contributed by atoms with Gasteiger partial charge in [-0.25, -0.2) is 8.78 Å². The smallest absolute Gasteiger partial charge is 0.506 e. The Morgan fingerprint density at radius 1 is 1.26 bits per heavy atom. The van der Waals surface area contributed by atoms with Crippen LogP contribution in [0.1, 0.15) is 47.5 Å². The molecular weight excluding hydrogens is 447 g/mol. The van der Waals surface area contributed by atoms with E-state index in [1.165, 1.54) is 11.0 Å². The molecule has 1 aromatic rings. The van der Waals surface area contributed by atoms with E-state index >= 15 is 0 Å². The zero-order valence-corrected chi connectivity index (χ0v) is 20.2. The first-order valence-corrected chi connectivity index (χ1v) is 11.5. The van der Waals surface area contributed by atoms with E-state index in [0.717, 1.165) is 12.1 Å². The molecule has 2 heterocycles. The first kappa shape index (κ1) is 25.9. The Labute approximate surface area is 198 Å². The zero-order valence-electron chi connectivity index (χ0n) is 20.2. The summed E-state index contributed by atoms with van der Waals surface area (Å²) < 4.78 is 38.5. The number of carbonyl (C=O) groups excluding carboxylic acids is 3. The molecule has 0 aliphatic carbocycles. The van der Waals surface area contributed by atoms with E-state index < -0.39 is 60.0 Å². The van der Waals surface area contributed by atoms with E-state index in [4.69, 9.17) is 9.31 Å². The molecule has 11 heteroatoms. The predicted octanol–water partition coefficient (Wildman–Crippen LogP) is 2.21. The Kier molecular flexibility index (Phi) is 7.85.